The number of para-hydroxylation sites is 1. The van der Waals surface area contributed by atoms with Crippen molar-refractivity contribution >= 4 is 46.4 Å². The molecule has 0 spiro atoms. The Morgan fingerprint density at radius 1 is 0.673 bits per heavy atom. The number of carboxylic acids is 1. The second-order valence-electron chi connectivity index (χ2n) is 11.9. The summed E-state index contributed by atoms with van der Waals surface area (Å²) in [4.78, 5) is 80.2. The molecule has 49 heavy (non-hydrogen) atoms. The van der Waals surface area contributed by atoms with Gasteiger partial charge in [0.05, 0.1) is 6.42 Å². The van der Waals surface area contributed by atoms with E-state index in [1.807, 2.05) is 43.3 Å². The predicted octanol–water partition coefficient (Wildman–Crippen LogP) is 1.42. The lowest BCUT2D eigenvalue weighted by Gasteiger charge is -2.26. The number of rotatable bonds is 16. The molecule has 0 unspecified atom stereocenters. The van der Waals surface area contributed by atoms with E-state index in [1.165, 1.54) is 6.92 Å². The Labute approximate surface area is 283 Å². The van der Waals surface area contributed by atoms with E-state index in [-0.39, 0.29) is 19.3 Å². The van der Waals surface area contributed by atoms with Gasteiger partial charge < -0.3 is 37.1 Å². The summed E-state index contributed by atoms with van der Waals surface area (Å²) < 4.78 is 0. The Kier molecular flexibility index (Phi) is 12.2. The molecule has 3 aromatic carbocycles. The zero-order valence-electron chi connectivity index (χ0n) is 27.2. The van der Waals surface area contributed by atoms with Crippen LogP contribution in [0.25, 0.3) is 10.9 Å². The summed E-state index contributed by atoms with van der Waals surface area (Å²) >= 11 is 0. The first-order valence-corrected chi connectivity index (χ1v) is 15.7. The highest BCUT2D eigenvalue weighted by Gasteiger charge is 2.32. The molecule has 0 aliphatic heterocycles. The Balaban J connectivity index is 1.55. The number of H-pyrrole nitrogens is 1. The molecule has 1 heterocycles. The van der Waals surface area contributed by atoms with Gasteiger partial charge in [-0.15, -0.1) is 0 Å². The van der Waals surface area contributed by atoms with Crippen LogP contribution in [0.1, 0.15) is 35.6 Å². The molecule has 5 amide bonds. The van der Waals surface area contributed by atoms with Crippen LogP contribution in [0.5, 0.6) is 0 Å². The molecule has 8 N–H and O–H groups in total. The van der Waals surface area contributed by atoms with E-state index >= 15 is 0 Å². The Morgan fingerprint density at radius 2 is 1.20 bits per heavy atom. The van der Waals surface area contributed by atoms with Gasteiger partial charge in [0, 0.05) is 43.3 Å². The first kappa shape index (κ1) is 35.9. The number of aromatic amines is 1. The number of nitrogens with two attached hydrogens (primary N) is 1. The van der Waals surface area contributed by atoms with Gasteiger partial charge in [0.25, 0.3) is 0 Å². The zero-order valence-corrected chi connectivity index (χ0v) is 27.2. The number of benzene rings is 3. The van der Waals surface area contributed by atoms with Crippen molar-refractivity contribution in [2.75, 3.05) is 0 Å². The molecule has 0 aliphatic rings. The number of primary amides is 1. The standard InChI is InChI=1S/C36H40N6O7/c1-21-12-14-24(15-13-21)16-28(33(37)46)40-36(49)31(19-32(44)45)42-34(47)29(17-23-8-4-3-5-9-23)41-35(48)30(39-22(2)43)18-25-20-38-27-11-7-6-10-26(25)27/h3-15,20,28-31,38H,16-19H2,1-2H3,(H2,37,46)(H,39,43)(H,40,49)(H,41,48)(H,42,47)(H,44,45)/t28-,29+,30+,31+/m1/s1. The van der Waals surface area contributed by atoms with Crippen molar-refractivity contribution in [3.63, 3.8) is 0 Å². The molecule has 0 radical (unpaired) electrons. The molecule has 13 heteroatoms. The van der Waals surface area contributed by atoms with E-state index in [4.69, 9.17) is 5.73 Å². The quantitative estimate of drug-likeness (QED) is 0.0932. The summed E-state index contributed by atoms with van der Waals surface area (Å²) in [6, 6.07) is 18.3. The third-order valence-corrected chi connectivity index (χ3v) is 7.94. The molecule has 0 saturated heterocycles. The molecule has 0 fully saturated rings. The van der Waals surface area contributed by atoms with Gasteiger partial charge in [-0.05, 0) is 29.7 Å². The van der Waals surface area contributed by atoms with Gasteiger partial charge in [-0.25, -0.2) is 0 Å². The SMILES string of the molecule is CC(=O)N[C@@H](Cc1c[nH]c2ccccc12)C(=O)N[C@@H](Cc1ccccc1)C(=O)N[C@@H](CC(=O)O)C(=O)N[C@H](Cc1ccc(C)cc1)C(N)=O. The number of carbonyl (C=O) groups excluding carboxylic acids is 5. The number of fused-ring (bicyclic) bond motifs is 1. The Hall–Kier alpha value is -5.98. The molecule has 256 valence electrons. The second kappa shape index (κ2) is 16.7. The Bertz CT molecular complexity index is 1810. The molecule has 0 bridgehead atoms. The van der Waals surface area contributed by atoms with E-state index in [2.05, 4.69) is 26.3 Å². The van der Waals surface area contributed by atoms with Crippen molar-refractivity contribution in [3.05, 3.63) is 107 Å². The number of aryl methyl sites for hydroxylation is 1. The minimum Gasteiger partial charge on any atom is -0.481 e. The van der Waals surface area contributed by atoms with Crippen molar-refractivity contribution in [1.82, 2.24) is 26.3 Å². The van der Waals surface area contributed by atoms with Crippen LogP contribution in [0.2, 0.25) is 0 Å². The van der Waals surface area contributed by atoms with Crippen LogP contribution < -0.4 is 27.0 Å². The van der Waals surface area contributed by atoms with Crippen molar-refractivity contribution in [3.8, 4) is 0 Å². The van der Waals surface area contributed by atoms with E-state index in [0.717, 1.165) is 22.0 Å². The lowest BCUT2D eigenvalue weighted by molar-refractivity contribution is -0.141. The van der Waals surface area contributed by atoms with Crippen LogP contribution in [0.3, 0.4) is 0 Å². The van der Waals surface area contributed by atoms with Crippen molar-refractivity contribution in [2.45, 2.75) is 63.7 Å². The zero-order chi connectivity index (χ0) is 35.5. The van der Waals surface area contributed by atoms with Crippen molar-refractivity contribution in [1.29, 1.82) is 0 Å². The number of amides is 5. The lowest BCUT2D eigenvalue weighted by atomic mass is 10.0. The molecular formula is C36H40N6O7. The van der Waals surface area contributed by atoms with Crippen LogP contribution in [-0.4, -0.2) is 69.8 Å². The Morgan fingerprint density at radius 3 is 1.84 bits per heavy atom. The average Bonchev–Trinajstić information content (AvgIpc) is 3.47. The maximum absolute atomic E-state index is 13.8. The average molecular weight is 669 g/mol. The van der Waals surface area contributed by atoms with Crippen molar-refractivity contribution in [2.24, 2.45) is 5.73 Å². The summed E-state index contributed by atoms with van der Waals surface area (Å²) in [6.45, 7) is 3.17. The predicted molar refractivity (Wildman–Crippen MR) is 182 cm³/mol. The molecule has 13 nitrogen and oxygen atoms in total. The highest BCUT2D eigenvalue weighted by molar-refractivity contribution is 5.97. The second-order valence-corrected chi connectivity index (χ2v) is 11.9. The van der Waals surface area contributed by atoms with Crippen LogP contribution in [0, 0.1) is 6.92 Å². The van der Waals surface area contributed by atoms with Gasteiger partial charge in [0.2, 0.25) is 29.5 Å². The summed E-state index contributed by atoms with van der Waals surface area (Å²) in [5.41, 5.74) is 9.54. The first-order valence-electron chi connectivity index (χ1n) is 15.7. The summed E-state index contributed by atoms with van der Waals surface area (Å²) in [5, 5.41) is 20.7. The van der Waals surface area contributed by atoms with Crippen LogP contribution in [-0.2, 0) is 48.0 Å². The number of aromatic nitrogens is 1. The fraction of sp³-hybridized carbons (Fsp3) is 0.278. The fourth-order valence-electron chi connectivity index (χ4n) is 5.42. The first-order chi connectivity index (χ1) is 23.4. The summed E-state index contributed by atoms with van der Waals surface area (Å²) in [5.74, 6) is -5.14. The molecule has 0 aliphatic carbocycles. The van der Waals surface area contributed by atoms with Crippen LogP contribution >= 0.6 is 0 Å². The summed E-state index contributed by atoms with van der Waals surface area (Å²) in [7, 11) is 0. The van der Waals surface area contributed by atoms with E-state index in [9.17, 15) is 33.9 Å². The maximum Gasteiger partial charge on any atom is 0.305 e. The lowest BCUT2D eigenvalue weighted by Crippen LogP contribution is -2.59. The van der Waals surface area contributed by atoms with Crippen LogP contribution in [0.4, 0.5) is 0 Å². The van der Waals surface area contributed by atoms with E-state index in [1.54, 1.807) is 48.7 Å². The number of nitrogens with one attached hydrogen (secondary N) is 5. The van der Waals surface area contributed by atoms with Gasteiger partial charge in [-0.3, -0.25) is 28.8 Å². The number of carboxylic acid groups (broad SMARTS) is 1. The molecular weight excluding hydrogens is 628 g/mol. The third kappa shape index (κ3) is 10.5. The van der Waals surface area contributed by atoms with E-state index < -0.39 is 66.1 Å². The third-order valence-electron chi connectivity index (χ3n) is 7.94. The monoisotopic (exact) mass is 668 g/mol. The smallest absolute Gasteiger partial charge is 0.305 e. The highest BCUT2D eigenvalue weighted by Crippen LogP contribution is 2.19. The van der Waals surface area contributed by atoms with Gasteiger partial charge in [0.1, 0.15) is 24.2 Å². The molecule has 4 atom stereocenters. The normalized spacial score (nSPS) is 13.3. The van der Waals surface area contributed by atoms with Gasteiger partial charge in [-0.2, -0.15) is 0 Å². The minimum absolute atomic E-state index is 0.0168. The number of hydrogen-bond acceptors (Lipinski definition) is 6. The number of hydrogen-bond donors (Lipinski definition) is 7. The number of carbonyl (C=O) groups is 6. The fourth-order valence-corrected chi connectivity index (χ4v) is 5.42. The minimum atomic E-state index is -1.61. The molecule has 1 aromatic heterocycles. The number of aliphatic carboxylic acids is 1. The van der Waals surface area contributed by atoms with Gasteiger partial charge >= 0.3 is 5.97 Å². The van der Waals surface area contributed by atoms with E-state index in [0.29, 0.717) is 11.1 Å². The summed E-state index contributed by atoms with van der Waals surface area (Å²) in [6.07, 6.45) is 1.07. The van der Waals surface area contributed by atoms with Crippen LogP contribution in [0.15, 0.2) is 85.1 Å². The molecule has 4 aromatic rings. The maximum atomic E-state index is 13.8. The highest BCUT2D eigenvalue weighted by atomic mass is 16.4. The largest absolute Gasteiger partial charge is 0.481 e. The molecule has 4 rings (SSSR count). The topological polar surface area (TPSA) is 213 Å². The van der Waals surface area contributed by atoms with Crippen molar-refractivity contribution < 1.29 is 33.9 Å². The van der Waals surface area contributed by atoms with Gasteiger partial charge in [-0.1, -0.05) is 78.4 Å². The van der Waals surface area contributed by atoms with Gasteiger partial charge in [0.15, 0.2) is 0 Å². The molecule has 0 saturated carbocycles.